The number of rotatable bonds is 18. The Morgan fingerprint density at radius 2 is 0.867 bits per heavy atom. The van der Waals surface area contributed by atoms with Gasteiger partial charge in [0.2, 0.25) is 0 Å². The highest BCUT2D eigenvalue weighted by Gasteiger charge is 2.57. The molecule has 0 radical (unpaired) electrons. The summed E-state index contributed by atoms with van der Waals surface area (Å²) in [6, 6.07) is 0.683. The number of fused-ring (bicyclic) bond motifs is 10. The molecule has 596 valence electrons. The van der Waals surface area contributed by atoms with Crippen molar-refractivity contribution >= 4 is 23.5 Å². The van der Waals surface area contributed by atoms with E-state index in [0.717, 1.165) is 120 Å². The number of ether oxygens (including phenoxy) is 16. The fourth-order valence-corrected chi connectivity index (χ4v) is 21.7. The van der Waals surface area contributed by atoms with Gasteiger partial charge in [0, 0.05) is 78.4 Å². The molecular formula is C83H134N2O20. The summed E-state index contributed by atoms with van der Waals surface area (Å²) < 4.78 is 99.4. The highest BCUT2D eigenvalue weighted by Crippen LogP contribution is 2.59. The summed E-state index contributed by atoms with van der Waals surface area (Å²) in [5, 5.41) is 0. The highest BCUT2D eigenvalue weighted by atomic mass is 16.7. The molecular weight excluding hydrogens is 1340 g/mol. The molecule has 22 heteroatoms. The molecule has 0 aromatic rings. The lowest BCUT2D eigenvalue weighted by Gasteiger charge is -2.44. The first-order valence-electron chi connectivity index (χ1n) is 40.7. The molecule has 0 spiro atoms. The SMILES string of the molecule is CC[C@H]1CCC[C@H](O[C@@H]2CC[C@H](N(C)C)[C@H](C)O2)[C@@H](C)C(=O)C2=C[C@@H]3[C@@H](C=C(C)[C@@H]4C[C@@H](O[C@H]5O[C@H](C)[C@H](OC)[C@@H](OC)[C@@H]5OC)C[C@@H]34)[C@@H]2CC(=O)O1.CC[C@H]1CCC[C@H](O[C@@H]2CC[C@H](N(C)C)[C@H](C)O2)[C@@H](C)C(=O)C2=C[C@H]3[C@@H]4C[C@H](O[C@H]5O[C@H](C)[C@H](OC)[C@@H](OC)[C@@H]5OC)C[C@H]4CC[C@H]3[C@@H]2CC(=O)O1. The smallest absolute Gasteiger partial charge is 0.306 e. The van der Waals surface area contributed by atoms with E-state index in [1.54, 1.807) is 42.7 Å². The second kappa shape index (κ2) is 37.0. The Morgan fingerprint density at radius 3 is 1.32 bits per heavy atom. The molecule has 12 rings (SSSR count). The second-order valence-electron chi connectivity index (χ2n) is 33.8. The van der Waals surface area contributed by atoms with Gasteiger partial charge in [-0.3, -0.25) is 19.2 Å². The molecule has 3 saturated carbocycles. The van der Waals surface area contributed by atoms with Crippen LogP contribution < -0.4 is 0 Å². The first kappa shape index (κ1) is 82.8. The Balaban J connectivity index is 0.000000210. The van der Waals surface area contributed by atoms with Crippen LogP contribution in [0.1, 0.15) is 191 Å². The van der Waals surface area contributed by atoms with Gasteiger partial charge in [0.15, 0.2) is 36.7 Å². The number of hydrogen-bond donors (Lipinski definition) is 0. The maximum atomic E-state index is 14.7. The molecule has 105 heavy (non-hydrogen) atoms. The molecule has 0 unspecified atom stereocenters. The van der Waals surface area contributed by atoms with Crippen molar-refractivity contribution in [2.75, 3.05) is 70.8 Å². The third kappa shape index (κ3) is 18.3. The normalized spacial score (nSPS) is 45.7. The predicted molar refractivity (Wildman–Crippen MR) is 393 cm³/mol. The summed E-state index contributed by atoms with van der Waals surface area (Å²) in [5.41, 5.74) is 2.89. The summed E-state index contributed by atoms with van der Waals surface area (Å²) >= 11 is 0. The summed E-state index contributed by atoms with van der Waals surface area (Å²) in [5.74, 6) is 0.743. The molecule has 6 heterocycles. The Bertz CT molecular complexity index is 2960. The summed E-state index contributed by atoms with van der Waals surface area (Å²) in [4.78, 5) is 60.9. The number of Topliss-reactive ketones (excluding diaryl/α,β-unsaturated/α-hetero) is 2. The van der Waals surface area contributed by atoms with Crippen LogP contribution in [0.5, 0.6) is 0 Å². The number of hydrogen-bond acceptors (Lipinski definition) is 22. The lowest BCUT2D eigenvalue weighted by Crippen LogP contribution is -2.59. The largest absolute Gasteiger partial charge is 0.462 e. The van der Waals surface area contributed by atoms with Gasteiger partial charge < -0.3 is 85.6 Å². The third-order valence-corrected chi connectivity index (χ3v) is 27.4. The number of esters is 2. The number of methoxy groups -OCH3 is 6. The first-order valence-corrected chi connectivity index (χ1v) is 40.7. The first-order chi connectivity index (χ1) is 50.3. The number of nitrogens with zero attached hydrogens (tertiary/aromatic N) is 2. The maximum absolute atomic E-state index is 14.7. The highest BCUT2D eigenvalue weighted by molar-refractivity contribution is 6.00. The van der Waals surface area contributed by atoms with Crippen molar-refractivity contribution in [2.24, 2.45) is 71.0 Å². The maximum Gasteiger partial charge on any atom is 0.306 e. The van der Waals surface area contributed by atoms with Gasteiger partial charge in [0.25, 0.3) is 0 Å². The van der Waals surface area contributed by atoms with Crippen molar-refractivity contribution in [1.29, 1.82) is 0 Å². The van der Waals surface area contributed by atoms with Crippen LogP contribution in [-0.4, -0.2) is 239 Å². The molecule has 0 aromatic heterocycles. The molecule has 0 aromatic carbocycles. The zero-order valence-corrected chi connectivity index (χ0v) is 67.1. The predicted octanol–water partition coefficient (Wildman–Crippen LogP) is 11.6. The van der Waals surface area contributed by atoms with E-state index in [0.29, 0.717) is 36.3 Å². The van der Waals surface area contributed by atoms with Crippen molar-refractivity contribution in [1.82, 2.24) is 9.80 Å². The standard InChI is InChI=1S/C42H67NO10.C41H67NO10/c1-11-26-13-12-14-35(53-37-16-15-34(43(6)7)24(4)49-37)23(3)38(45)33-20-31-29(32(33)21-36(44)51-26)17-22(2)28-18-27(19-30(28)31)52-42-41(48-10)40(47-9)39(46-8)25(5)50-42;1-10-26-12-11-13-34(52-36-17-16-33(42(5)6)23(3)48-36)22(2)37(44)32-20-30-28(31(32)21-35(43)50-26)15-14-25-18-27(19-29(25)30)51-41-40(47-9)39(46-8)38(45-7)24(4)49-41/h17,20,23-32,34-35,37,39-42H,11-16,18-19,21H2,1-10H3;20,22-31,33-34,36,38-41H,10-19,21H2,1-9H3/t23-,24+,25-,26+,27-,28+,29-,30-,31-,32+,34+,35+,37-,39+,40-,41+,42-;22-,23+,24-,25-,26+,27-,28-,29-,30-,31+,33+,34+,36-,38+,39-,40+,41-/m11/s1. The van der Waals surface area contributed by atoms with Crippen LogP contribution in [0.3, 0.4) is 0 Å². The molecule has 22 nitrogen and oxygen atoms in total. The van der Waals surface area contributed by atoms with Gasteiger partial charge in [-0.25, -0.2) is 0 Å². The van der Waals surface area contributed by atoms with E-state index >= 15 is 0 Å². The molecule has 0 amide bonds. The van der Waals surface area contributed by atoms with Crippen LogP contribution >= 0.6 is 0 Å². The molecule has 9 fully saturated rings. The zero-order valence-electron chi connectivity index (χ0n) is 67.1. The fraction of sp³-hybridized carbons (Fsp3) is 0.880. The number of carbonyl (C=O) groups is 4. The molecule has 12 aliphatic rings. The van der Waals surface area contributed by atoms with Crippen LogP contribution in [0.25, 0.3) is 0 Å². The number of allylic oxidation sites excluding steroid dienone is 6. The van der Waals surface area contributed by atoms with Gasteiger partial charge in [0.1, 0.15) is 48.8 Å². The number of carbonyl (C=O) groups excluding carboxylic acids is 4. The van der Waals surface area contributed by atoms with E-state index in [9.17, 15) is 19.2 Å². The average Bonchev–Trinajstić information content (AvgIpc) is 1.60. The van der Waals surface area contributed by atoms with Gasteiger partial charge in [-0.1, -0.05) is 51.5 Å². The van der Waals surface area contributed by atoms with Gasteiger partial charge in [0.05, 0.1) is 61.7 Å². The topological polar surface area (TPSA) is 222 Å². The van der Waals surface area contributed by atoms with E-state index in [-0.39, 0.29) is 188 Å². The monoisotopic (exact) mass is 1480 g/mol. The van der Waals surface area contributed by atoms with E-state index in [4.69, 9.17) is 75.8 Å². The Morgan fingerprint density at radius 1 is 0.419 bits per heavy atom. The Hall–Kier alpha value is -3.14. The van der Waals surface area contributed by atoms with Crippen molar-refractivity contribution in [2.45, 2.75) is 326 Å². The van der Waals surface area contributed by atoms with Crippen molar-refractivity contribution in [3.8, 4) is 0 Å². The minimum absolute atomic E-state index is 0.00197. The molecule has 0 bridgehead atoms. The van der Waals surface area contributed by atoms with Crippen molar-refractivity contribution < 1.29 is 95.0 Å². The van der Waals surface area contributed by atoms with Gasteiger partial charge in [-0.15, -0.1) is 0 Å². The minimum atomic E-state index is -0.598. The zero-order chi connectivity index (χ0) is 75.4. The summed E-state index contributed by atoms with van der Waals surface area (Å²) in [7, 11) is 18.4. The lowest BCUT2D eigenvalue weighted by molar-refractivity contribution is -0.314. The molecule has 6 saturated heterocycles. The Kier molecular flexibility index (Phi) is 29.2. The van der Waals surface area contributed by atoms with Crippen LogP contribution in [0.15, 0.2) is 34.9 Å². The minimum Gasteiger partial charge on any atom is -0.462 e. The number of cyclic esters (lactones) is 2. The summed E-state index contributed by atoms with van der Waals surface area (Å²) in [6.07, 6.45) is 17.3. The molecule has 34 atom stereocenters. The fourth-order valence-electron chi connectivity index (χ4n) is 21.7. The van der Waals surface area contributed by atoms with E-state index in [1.807, 2.05) is 27.7 Å². The average molecular weight is 1480 g/mol. The number of likely N-dealkylation sites (N-methyl/N-ethyl adjacent to an activating group) is 2. The number of ketones is 2. The van der Waals surface area contributed by atoms with Crippen LogP contribution in [0.4, 0.5) is 0 Å². The quantitative estimate of drug-likeness (QED) is 0.0919. The Labute approximate surface area is 628 Å². The van der Waals surface area contributed by atoms with Crippen molar-refractivity contribution in [3.05, 3.63) is 34.9 Å². The second-order valence-corrected chi connectivity index (χ2v) is 33.8. The summed E-state index contributed by atoms with van der Waals surface area (Å²) in [6.45, 7) is 18.6. The van der Waals surface area contributed by atoms with E-state index < -0.39 is 24.8 Å². The van der Waals surface area contributed by atoms with E-state index in [1.165, 1.54) is 5.57 Å². The van der Waals surface area contributed by atoms with E-state index in [2.05, 4.69) is 90.8 Å². The van der Waals surface area contributed by atoms with Crippen molar-refractivity contribution in [3.63, 3.8) is 0 Å². The van der Waals surface area contributed by atoms with Crippen LogP contribution in [-0.2, 0) is 95.0 Å². The lowest BCUT2D eigenvalue weighted by atomic mass is 9.66. The van der Waals surface area contributed by atoms with Gasteiger partial charge in [-0.2, -0.15) is 0 Å². The van der Waals surface area contributed by atoms with Crippen LogP contribution in [0, 0.1) is 71.0 Å². The third-order valence-electron chi connectivity index (χ3n) is 27.4. The molecule has 6 aliphatic heterocycles. The molecule has 6 aliphatic carbocycles. The van der Waals surface area contributed by atoms with Crippen LogP contribution in [0.2, 0.25) is 0 Å². The van der Waals surface area contributed by atoms with Gasteiger partial charge in [-0.05, 0) is 237 Å². The van der Waals surface area contributed by atoms with Gasteiger partial charge >= 0.3 is 11.9 Å². The molecule has 0 N–H and O–H groups in total.